The van der Waals surface area contributed by atoms with E-state index in [0.717, 1.165) is 29.2 Å². The van der Waals surface area contributed by atoms with E-state index in [9.17, 15) is 9.18 Å². The Hall–Kier alpha value is -3.80. The summed E-state index contributed by atoms with van der Waals surface area (Å²) in [5, 5.41) is 3.33. The second kappa shape index (κ2) is 7.22. The molecule has 5 nitrogen and oxygen atoms in total. The van der Waals surface area contributed by atoms with Crippen molar-refractivity contribution in [3.63, 3.8) is 0 Å². The molecule has 4 aromatic rings. The first kappa shape index (κ1) is 18.2. The summed E-state index contributed by atoms with van der Waals surface area (Å²) in [4.78, 5) is 18.0. The second-order valence-corrected chi connectivity index (χ2v) is 7.31. The zero-order chi connectivity index (χ0) is 20.7. The number of benzene rings is 3. The third-order valence-corrected chi connectivity index (χ3v) is 5.34. The first-order chi connectivity index (χ1) is 14.6. The lowest BCUT2D eigenvalue weighted by Crippen LogP contribution is -2.28. The molecular formula is C24H20FN3O2. The van der Waals surface area contributed by atoms with Crippen LogP contribution in [0.4, 0.5) is 21.5 Å². The summed E-state index contributed by atoms with van der Waals surface area (Å²) in [6.07, 6.45) is 0. The molecule has 0 unspecified atom stereocenters. The molecule has 1 amide bonds. The number of carbonyl (C=O) groups excluding carboxylic acids is 1. The third kappa shape index (κ3) is 3.16. The van der Waals surface area contributed by atoms with Gasteiger partial charge in [0.25, 0.3) is 5.91 Å². The highest BCUT2D eigenvalue weighted by atomic mass is 19.1. The maximum absolute atomic E-state index is 14.1. The smallest absolute Gasteiger partial charge is 0.272 e. The highest BCUT2D eigenvalue weighted by Crippen LogP contribution is 2.37. The van der Waals surface area contributed by atoms with Gasteiger partial charge in [0.15, 0.2) is 0 Å². The van der Waals surface area contributed by atoms with Crippen molar-refractivity contribution in [2.75, 3.05) is 23.4 Å². The summed E-state index contributed by atoms with van der Waals surface area (Å²) in [6.45, 7) is 3.19. The minimum absolute atomic E-state index is 0.315. The van der Waals surface area contributed by atoms with Gasteiger partial charge in [-0.3, -0.25) is 4.79 Å². The third-order valence-electron chi connectivity index (χ3n) is 5.34. The first-order valence-corrected chi connectivity index (χ1v) is 9.79. The fraction of sp³-hybridized carbons (Fsp3) is 0.125. The summed E-state index contributed by atoms with van der Waals surface area (Å²) < 4.78 is 19.8. The molecule has 0 saturated carbocycles. The van der Waals surface area contributed by atoms with Crippen LogP contribution in [0, 0.1) is 12.7 Å². The molecule has 150 valence electrons. The van der Waals surface area contributed by atoms with E-state index in [4.69, 9.17) is 4.74 Å². The summed E-state index contributed by atoms with van der Waals surface area (Å²) >= 11 is 0. The van der Waals surface area contributed by atoms with Gasteiger partial charge in [-0.1, -0.05) is 24.3 Å². The minimum atomic E-state index is -0.348. The van der Waals surface area contributed by atoms with Crippen LogP contribution in [0.15, 0.2) is 66.7 Å². The lowest BCUT2D eigenvalue weighted by atomic mass is 10.1. The van der Waals surface area contributed by atoms with Crippen LogP contribution in [-0.2, 0) is 0 Å². The Morgan fingerprint density at radius 2 is 1.97 bits per heavy atom. The van der Waals surface area contributed by atoms with Crippen LogP contribution in [0.3, 0.4) is 0 Å². The molecule has 1 aliphatic heterocycles. The SMILES string of the molecule is Cc1ccc(F)c2cc(C(=O)Nc3cccc(N4CCOc5ccccc54)c3)[nH]c12. The highest BCUT2D eigenvalue weighted by molar-refractivity contribution is 6.06. The van der Waals surface area contributed by atoms with Crippen molar-refractivity contribution in [3.8, 4) is 5.75 Å². The van der Waals surface area contributed by atoms with Gasteiger partial charge in [-0.05, 0) is 55.0 Å². The van der Waals surface area contributed by atoms with Crippen molar-refractivity contribution in [2.45, 2.75) is 6.92 Å². The molecule has 0 spiro atoms. The Morgan fingerprint density at radius 3 is 2.83 bits per heavy atom. The molecular weight excluding hydrogens is 381 g/mol. The number of para-hydroxylation sites is 2. The number of carbonyl (C=O) groups is 1. The molecule has 6 heteroatoms. The molecule has 5 rings (SSSR count). The Bertz CT molecular complexity index is 1230. The topological polar surface area (TPSA) is 57.4 Å². The summed E-state index contributed by atoms with van der Waals surface area (Å²) in [5.74, 6) is 0.178. The van der Waals surface area contributed by atoms with Crippen molar-refractivity contribution in [1.29, 1.82) is 0 Å². The zero-order valence-corrected chi connectivity index (χ0v) is 16.4. The molecule has 0 bridgehead atoms. The number of hydrogen-bond acceptors (Lipinski definition) is 3. The van der Waals surface area contributed by atoms with Gasteiger partial charge in [-0.15, -0.1) is 0 Å². The van der Waals surface area contributed by atoms with Crippen molar-refractivity contribution < 1.29 is 13.9 Å². The number of nitrogens with one attached hydrogen (secondary N) is 2. The van der Waals surface area contributed by atoms with Crippen LogP contribution in [0.1, 0.15) is 16.1 Å². The quantitative estimate of drug-likeness (QED) is 0.483. The van der Waals surface area contributed by atoms with Crippen LogP contribution < -0.4 is 15.0 Å². The van der Waals surface area contributed by atoms with Gasteiger partial charge in [-0.25, -0.2) is 4.39 Å². The van der Waals surface area contributed by atoms with Gasteiger partial charge in [0, 0.05) is 16.8 Å². The van der Waals surface area contributed by atoms with Crippen molar-refractivity contribution >= 4 is 33.9 Å². The van der Waals surface area contributed by atoms with E-state index >= 15 is 0 Å². The van der Waals surface area contributed by atoms with Gasteiger partial charge >= 0.3 is 0 Å². The number of nitrogens with zero attached hydrogens (tertiary/aromatic N) is 1. The monoisotopic (exact) mass is 401 g/mol. The molecule has 0 saturated heterocycles. The van der Waals surface area contributed by atoms with E-state index in [1.54, 1.807) is 12.1 Å². The van der Waals surface area contributed by atoms with Gasteiger partial charge < -0.3 is 19.9 Å². The molecule has 0 aliphatic carbocycles. The van der Waals surface area contributed by atoms with Gasteiger partial charge in [0.2, 0.25) is 0 Å². The molecule has 1 aliphatic rings. The predicted octanol–water partition coefficient (Wildman–Crippen LogP) is 5.40. The van der Waals surface area contributed by atoms with E-state index < -0.39 is 0 Å². The van der Waals surface area contributed by atoms with Crippen LogP contribution in [-0.4, -0.2) is 24.0 Å². The lowest BCUT2D eigenvalue weighted by molar-refractivity contribution is 0.102. The molecule has 2 N–H and O–H groups in total. The van der Waals surface area contributed by atoms with Crippen molar-refractivity contribution in [1.82, 2.24) is 4.98 Å². The number of halogens is 1. The molecule has 0 atom stereocenters. The second-order valence-electron chi connectivity index (χ2n) is 7.31. The number of hydrogen-bond donors (Lipinski definition) is 2. The van der Waals surface area contributed by atoms with Gasteiger partial charge in [-0.2, -0.15) is 0 Å². The number of fused-ring (bicyclic) bond motifs is 2. The van der Waals surface area contributed by atoms with Crippen LogP contribution in [0.25, 0.3) is 10.9 Å². The van der Waals surface area contributed by atoms with Gasteiger partial charge in [0.1, 0.15) is 23.9 Å². The van der Waals surface area contributed by atoms with Gasteiger partial charge in [0.05, 0.1) is 17.7 Å². The molecule has 3 aromatic carbocycles. The number of aromatic nitrogens is 1. The molecule has 1 aromatic heterocycles. The number of ether oxygens (including phenoxy) is 1. The molecule has 30 heavy (non-hydrogen) atoms. The highest BCUT2D eigenvalue weighted by Gasteiger charge is 2.19. The van der Waals surface area contributed by atoms with E-state index in [1.165, 1.54) is 6.07 Å². The number of amides is 1. The maximum atomic E-state index is 14.1. The number of aryl methyl sites for hydroxylation is 1. The van der Waals surface area contributed by atoms with E-state index in [-0.39, 0.29) is 11.7 Å². The van der Waals surface area contributed by atoms with Crippen LogP contribution >= 0.6 is 0 Å². The fourth-order valence-corrected chi connectivity index (χ4v) is 3.84. The average molecular weight is 401 g/mol. The number of rotatable bonds is 3. The van der Waals surface area contributed by atoms with Crippen LogP contribution in [0.2, 0.25) is 0 Å². The first-order valence-electron chi connectivity index (χ1n) is 9.79. The largest absolute Gasteiger partial charge is 0.490 e. The fourth-order valence-electron chi connectivity index (χ4n) is 3.84. The Morgan fingerprint density at radius 1 is 1.10 bits per heavy atom. The lowest BCUT2D eigenvalue weighted by Gasteiger charge is -2.31. The summed E-state index contributed by atoms with van der Waals surface area (Å²) in [5.41, 5.74) is 4.46. The standard InChI is InChI=1S/C24H20FN3O2/c1-15-9-10-19(25)18-14-20(27-23(15)18)24(29)26-16-5-4-6-17(13-16)28-11-12-30-22-8-3-2-7-21(22)28/h2-10,13-14,27H,11-12H2,1H3,(H,26,29). The van der Waals surface area contributed by atoms with Crippen LogP contribution in [0.5, 0.6) is 5.75 Å². The van der Waals surface area contributed by atoms with E-state index in [1.807, 2.05) is 55.5 Å². The number of H-pyrrole nitrogens is 1. The minimum Gasteiger partial charge on any atom is -0.490 e. The Kier molecular flexibility index (Phi) is 4.39. The number of anilines is 3. The normalized spacial score (nSPS) is 13.1. The number of aromatic amines is 1. The summed E-state index contributed by atoms with van der Waals surface area (Å²) in [7, 11) is 0. The Labute approximate surface area is 173 Å². The Balaban J connectivity index is 1.43. The molecule has 0 radical (unpaired) electrons. The molecule has 2 heterocycles. The maximum Gasteiger partial charge on any atom is 0.272 e. The van der Waals surface area contributed by atoms with Crippen molar-refractivity contribution in [3.05, 3.63) is 83.8 Å². The molecule has 0 fully saturated rings. The average Bonchev–Trinajstić information content (AvgIpc) is 3.23. The summed E-state index contributed by atoms with van der Waals surface area (Å²) in [6, 6.07) is 20.2. The predicted molar refractivity (Wildman–Crippen MR) is 116 cm³/mol. The van der Waals surface area contributed by atoms with E-state index in [2.05, 4.69) is 15.2 Å². The zero-order valence-electron chi connectivity index (χ0n) is 16.4. The van der Waals surface area contributed by atoms with E-state index in [0.29, 0.717) is 28.9 Å². The van der Waals surface area contributed by atoms with Crippen molar-refractivity contribution in [2.24, 2.45) is 0 Å².